The molecule has 0 bridgehead atoms. The molecule has 1 atom stereocenters. The number of carboxylic acid groups (broad SMARTS) is 1. The van der Waals surface area contributed by atoms with Crippen LogP contribution in [0.15, 0.2) is 24.5 Å². The average Bonchev–Trinajstić information content (AvgIpc) is 2.29. The second-order valence-corrected chi connectivity index (χ2v) is 3.93. The van der Waals surface area contributed by atoms with Gasteiger partial charge < -0.3 is 15.2 Å². The van der Waals surface area contributed by atoms with Crippen LogP contribution in [0.4, 0.5) is 5.82 Å². The number of aromatic nitrogens is 2. The molecular formula is C12H12N3O2-. The van der Waals surface area contributed by atoms with Gasteiger partial charge in [0.1, 0.15) is 12.1 Å². The maximum Gasteiger partial charge on any atom is 0.137 e. The Morgan fingerprint density at radius 1 is 1.41 bits per heavy atom. The zero-order valence-corrected chi connectivity index (χ0v) is 9.60. The van der Waals surface area contributed by atoms with Crippen LogP contribution in [0.2, 0.25) is 0 Å². The first-order chi connectivity index (χ1) is 8.08. The van der Waals surface area contributed by atoms with Gasteiger partial charge in [-0.15, -0.1) is 0 Å². The molecule has 0 amide bonds. The topological polar surface area (TPSA) is 77.9 Å². The number of carbonyl (C=O) groups is 1. The molecule has 0 radical (unpaired) electrons. The highest BCUT2D eigenvalue weighted by atomic mass is 16.4. The summed E-state index contributed by atoms with van der Waals surface area (Å²) >= 11 is 0. The average molecular weight is 230 g/mol. The monoisotopic (exact) mass is 230 g/mol. The summed E-state index contributed by atoms with van der Waals surface area (Å²) in [5.74, 6) is -0.653. The van der Waals surface area contributed by atoms with E-state index in [-0.39, 0.29) is 0 Å². The molecule has 0 saturated carbocycles. The van der Waals surface area contributed by atoms with E-state index in [4.69, 9.17) is 0 Å². The van der Waals surface area contributed by atoms with E-state index < -0.39 is 12.0 Å². The number of hydrogen-bond acceptors (Lipinski definition) is 5. The van der Waals surface area contributed by atoms with Gasteiger partial charge in [0, 0.05) is 5.39 Å². The zero-order chi connectivity index (χ0) is 12.4. The maximum atomic E-state index is 10.7. The van der Waals surface area contributed by atoms with Crippen LogP contribution in [0.25, 0.3) is 10.9 Å². The lowest BCUT2D eigenvalue weighted by atomic mass is 10.1. The highest BCUT2D eigenvalue weighted by Crippen LogP contribution is 2.20. The summed E-state index contributed by atoms with van der Waals surface area (Å²) in [6.07, 6.45) is 1.40. The van der Waals surface area contributed by atoms with E-state index >= 15 is 0 Å². The molecule has 1 heterocycles. The van der Waals surface area contributed by atoms with Crippen molar-refractivity contribution in [2.45, 2.75) is 19.9 Å². The minimum Gasteiger partial charge on any atom is -0.548 e. The fraction of sp³-hybridized carbons (Fsp3) is 0.250. The number of aliphatic carboxylic acids is 1. The van der Waals surface area contributed by atoms with Crippen LogP contribution < -0.4 is 10.4 Å². The van der Waals surface area contributed by atoms with Gasteiger partial charge in [0.05, 0.1) is 17.5 Å². The summed E-state index contributed by atoms with van der Waals surface area (Å²) in [6, 6.07) is 4.94. The van der Waals surface area contributed by atoms with Gasteiger partial charge in [0.2, 0.25) is 0 Å². The van der Waals surface area contributed by atoms with Crippen LogP contribution in [0.3, 0.4) is 0 Å². The van der Waals surface area contributed by atoms with Crippen LogP contribution in [0.1, 0.15) is 12.5 Å². The summed E-state index contributed by atoms with van der Waals surface area (Å²) in [4.78, 5) is 18.9. The lowest BCUT2D eigenvalue weighted by molar-refractivity contribution is -0.306. The molecule has 1 N–H and O–H groups in total. The van der Waals surface area contributed by atoms with E-state index in [1.165, 1.54) is 13.3 Å². The molecule has 0 unspecified atom stereocenters. The van der Waals surface area contributed by atoms with Gasteiger partial charge in [-0.05, 0) is 26.0 Å². The normalized spacial score (nSPS) is 12.4. The van der Waals surface area contributed by atoms with E-state index in [0.717, 1.165) is 16.5 Å². The van der Waals surface area contributed by atoms with E-state index in [1.807, 2.05) is 25.1 Å². The largest absolute Gasteiger partial charge is 0.548 e. The highest BCUT2D eigenvalue weighted by Gasteiger charge is 2.07. The Kier molecular flexibility index (Phi) is 2.91. The van der Waals surface area contributed by atoms with Crippen LogP contribution in [-0.4, -0.2) is 22.0 Å². The number of nitrogens with one attached hydrogen (secondary N) is 1. The summed E-state index contributed by atoms with van der Waals surface area (Å²) in [5.41, 5.74) is 1.84. The first-order valence-corrected chi connectivity index (χ1v) is 5.26. The number of aryl methyl sites for hydroxylation is 1. The molecule has 88 valence electrons. The minimum absolute atomic E-state index is 0.510. The Balaban J connectivity index is 2.46. The molecular weight excluding hydrogens is 218 g/mol. The lowest BCUT2D eigenvalue weighted by Crippen LogP contribution is -2.38. The smallest absolute Gasteiger partial charge is 0.137 e. The predicted molar refractivity (Wildman–Crippen MR) is 62.4 cm³/mol. The van der Waals surface area contributed by atoms with Gasteiger partial charge in [0.25, 0.3) is 0 Å². The van der Waals surface area contributed by atoms with Gasteiger partial charge in [-0.1, -0.05) is 11.6 Å². The van der Waals surface area contributed by atoms with Crippen LogP contribution in [0, 0.1) is 6.92 Å². The molecule has 0 aliphatic heterocycles. The number of nitrogens with zero attached hydrogens (tertiary/aromatic N) is 2. The predicted octanol–water partition coefficient (Wildman–Crippen LogP) is 0.489. The van der Waals surface area contributed by atoms with Crippen LogP contribution >= 0.6 is 0 Å². The molecule has 2 rings (SSSR count). The van der Waals surface area contributed by atoms with Crippen molar-refractivity contribution in [2.75, 3.05) is 5.32 Å². The first kappa shape index (κ1) is 11.3. The molecule has 0 fully saturated rings. The van der Waals surface area contributed by atoms with Crippen LogP contribution in [-0.2, 0) is 4.79 Å². The summed E-state index contributed by atoms with van der Waals surface area (Å²) in [6.45, 7) is 3.47. The lowest BCUT2D eigenvalue weighted by Gasteiger charge is -2.16. The third kappa shape index (κ3) is 2.33. The van der Waals surface area contributed by atoms with Crippen molar-refractivity contribution in [2.24, 2.45) is 0 Å². The molecule has 0 aliphatic rings. The fourth-order valence-electron chi connectivity index (χ4n) is 1.55. The summed E-state index contributed by atoms with van der Waals surface area (Å²) in [7, 11) is 0. The zero-order valence-electron chi connectivity index (χ0n) is 9.60. The van der Waals surface area contributed by atoms with Gasteiger partial charge in [-0.2, -0.15) is 0 Å². The summed E-state index contributed by atoms with van der Waals surface area (Å²) in [5, 5.41) is 14.3. The summed E-state index contributed by atoms with van der Waals surface area (Å²) < 4.78 is 0. The Bertz CT molecular complexity index is 569. The number of benzene rings is 1. The number of carbonyl (C=O) groups excluding carboxylic acids is 1. The Hall–Kier alpha value is -2.17. The number of fused-ring (bicyclic) bond motifs is 1. The Labute approximate surface area is 98.5 Å². The van der Waals surface area contributed by atoms with Crippen molar-refractivity contribution in [1.82, 2.24) is 9.97 Å². The third-order valence-corrected chi connectivity index (χ3v) is 2.50. The van der Waals surface area contributed by atoms with Crippen molar-refractivity contribution in [3.63, 3.8) is 0 Å². The maximum absolute atomic E-state index is 10.7. The quantitative estimate of drug-likeness (QED) is 0.830. The van der Waals surface area contributed by atoms with Crippen molar-refractivity contribution in [3.05, 3.63) is 30.1 Å². The minimum atomic E-state index is -1.16. The molecule has 1 aromatic heterocycles. The highest BCUT2D eigenvalue weighted by molar-refractivity contribution is 5.90. The SMILES string of the molecule is Cc1ccc2ncnc(N[C@H](C)C(=O)[O-])c2c1. The fourth-order valence-corrected chi connectivity index (χ4v) is 1.55. The van der Waals surface area contributed by atoms with Crippen LogP contribution in [0.5, 0.6) is 0 Å². The number of rotatable bonds is 3. The standard InChI is InChI=1S/C12H13N3O2/c1-7-3-4-10-9(5-7)11(14-6-13-10)15-8(2)12(16)17/h3-6,8H,1-2H3,(H,16,17)(H,13,14,15)/p-1/t8-/m1/s1. The number of hydrogen-bond donors (Lipinski definition) is 1. The van der Waals surface area contributed by atoms with Gasteiger partial charge in [0.15, 0.2) is 0 Å². The molecule has 0 spiro atoms. The van der Waals surface area contributed by atoms with Crippen molar-refractivity contribution in [1.29, 1.82) is 0 Å². The molecule has 2 aromatic rings. The first-order valence-electron chi connectivity index (χ1n) is 5.26. The van der Waals surface area contributed by atoms with Crippen molar-refractivity contribution < 1.29 is 9.90 Å². The second kappa shape index (κ2) is 4.37. The van der Waals surface area contributed by atoms with E-state index in [0.29, 0.717) is 5.82 Å². The Morgan fingerprint density at radius 2 is 2.18 bits per heavy atom. The van der Waals surface area contributed by atoms with Gasteiger partial charge in [-0.3, -0.25) is 0 Å². The molecule has 17 heavy (non-hydrogen) atoms. The number of carboxylic acids is 1. The van der Waals surface area contributed by atoms with Crippen molar-refractivity contribution >= 4 is 22.7 Å². The van der Waals surface area contributed by atoms with Gasteiger partial charge >= 0.3 is 0 Å². The number of anilines is 1. The molecule has 5 heteroatoms. The molecule has 0 saturated heterocycles. The van der Waals surface area contributed by atoms with E-state index in [9.17, 15) is 9.90 Å². The Morgan fingerprint density at radius 3 is 2.88 bits per heavy atom. The molecule has 1 aromatic carbocycles. The molecule has 0 aliphatic carbocycles. The third-order valence-electron chi connectivity index (χ3n) is 2.50. The van der Waals surface area contributed by atoms with Crippen molar-refractivity contribution in [3.8, 4) is 0 Å². The van der Waals surface area contributed by atoms with Gasteiger partial charge in [-0.25, -0.2) is 9.97 Å². The van der Waals surface area contributed by atoms with E-state index in [2.05, 4.69) is 15.3 Å². The second-order valence-electron chi connectivity index (χ2n) is 3.93. The molecule has 5 nitrogen and oxygen atoms in total. The van der Waals surface area contributed by atoms with E-state index in [1.54, 1.807) is 0 Å².